The molecular weight excluding hydrogens is 236 g/mol. The van der Waals surface area contributed by atoms with E-state index in [1.54, 1.807) is 12.1 Å². The molecule has 0 aliphatic carbocycles. The van der Waals surface area contributed by atoms with Crippen LogP contribution in [0.5, 0.6) is 0 Å². The van der Waals surface area contributed by atoms with E-state index in [-0.39, 0.29) is 5.91 Å². The summed E-state index contributed by atoms with van der Waals surface area (Å²) >= 11 is 5.87. The number of carbonyl (C=O) groups excluding carboxylic acids is 1. The highest BCUT2D eigenvalue weighted by atomic mass is 35.5. The zero-order valence-corrected chi connectivity index (χ0v) is 10.7. The fourth-order valence-corrected chi connectivity index (χ4v) is 1.50. The summed E-state index contributed by atoms with van der Waals surface area (Å²) in [5.41, 5.74) is 1.75. The largest absolute Gasteiger partial charge is 0.325 e. The van der Waals surface area contributed by atoms with Crippen molar-refractivity contribution in [3.8, 4) is 0 Å². The van der Waals surface area contributed by atoms with E-state index in [0.29, 0.717) is 11.6 Å². The molecule has 17 heavy (non-hydrogen) atoms. The Kier molecular flexibility index (Phi) is 5.73. The molecule has 2 N–H and O–H groups in total. The molecule has 0 unspecified atom stereocenters. The number of anilines is 1. The number of rotatable bonds is 6. The van der Waals surface area contributed by atoms with Gasteiger partial charge >= 0.3 is 0 Å². The van der Waals surface area contributed by atoms with Gasteiger partial charge in [0.1, 0.15) is 0 Å². The predicted octanol–water partition coefficient (Wildman–Crippen LogP) is 2.75. The molecule has 0 saturated carbocycles. The lowest BCUT2D eigenvalue weighted by atomic mass is 10.2. The van der Waals surface area contributed by atoms with Gasteiger partial charge in [0.2, 0.25) is 5.91 Å². The summed E-state index contributed by atoms with van der Waals surface area (Å²) in [7, 11) is 0. The second-order valence-electron chi connectivity index (χ2n) is 3.76. The molecule has 0 heterocycles. The molecule has 0 saturated heterocycles. The van der Waals surface area contributed by atoms with Gasteiger partial charge in [0.15, 0.2) is 0 Å². The quantitative estimate of drug-likeness (QED) is 0.604. The van der Waals surface area contributed by atoms with Crippen molar-refractivity contribution in [1.82, 2.24) is 5.32 Å². The minimum atomic E-state index is -0.0700. The monoisotopic (exact) mass is 252 g/mol. The Morgan fingerprint density at radius 2 is 2.29 bits per heavy atom. The molecule has 1 aromatic rings. The lowest BCUT2D eigenvalue weighted by molar-refractivity contribution is -0.115. The third kappa shape index (κ3) is 5.02. The maximum atomic E-state index is 11.6. The third-order valence-corrected chi connectivity index (χ3v) is 2.52. The van der Waals surface area contributed by atoms with Gasteiger partial charge in [-0.2, -0.15) is 0 Å². The number of hydrogen-bond acceptors (Lipinski definition) is 2. The normalized spacial score (nSPS) is 10.0. The van der Waals surface area contributed by atoms with Crippen molar-refractivity contribution in [1.29, 1.82) is 0 Å². The molecule has 0 atom stereocenters. The van der Waals surface area contributed by atoms with Crippen LogP contribution >= 0.6 is 11.6 Å². The Morgan fingerprint density at radius 3 is 3.00 bits per heavy atom. The van der Waals surface area contributed by atoms with Gasteiger partial charge in [-0.05, 0) is 37.6 Å². The molecule has 1 rings (SSSR count). The molecule has 3 nitrogen and oxygen atoms in total. The number of hydrogen-bond donors (Lipinski definition) is 2. The topological polar surface area (TPSA) is 41.1 Å². The molecule has 0 aromatic heterocycles. The van der Waals surface area contributed by atoms with E-state index < -0.39 is 0 Å². The molecule has 92 valence electrons. The smallest absolute Gasteiger partial charge is 0.238 e. The second kappa shape index (κ2) is 7.09. The fraction of sp³-hybridized carbons (Fsp3) is 0.308. The van der Waals surface area contributed by atoms with Crippen LogP contribution in [-0.2, 0) is 4.79 Å². The van der Waals surface area contributed by atoms with Crippen molar-refractivity contribution in [2.75, 3.05) is 18.4 Å². The number of benzene rings is 1. The average molecular weight is 253 g/mol. The van der Waals surface area contributed by atoms with E-state index in [9.17, 15) is 4.79 Å². The highest BCUT2D eigenvalue weighted by Gasteiger charge is 2.04. The number of nitrogens with one attached hydrogen (secondary N) is 2. The molecule has 0 aliphatic rings. The second-order valence-corrected chi connectivity index (χ2v) is 4.20. The Bertz CT molecular complexity index is 404. The predicted molar refractivity (Wildman–Crippen MR) is 72.5 cm³/mol. The van der Waals surface area contributed by atoms with E-state index >= 15 is 0 Å². The Balaban J connectivity index is 2.44. The van der Waals surface area contributed by atoms with Crippen molar-refractivity contribution in [2.24, 2.45) is 0 Å². The van der Waals surface area contributed by atoms with Gasteiger partial charge in [0, 0.05) is 10.7 Å². The minimum Gasteiger partial charge on any atom is -0.325 e. The molecule has 0 fully saturated rings. The molecule has 0 aliphatic heterocycles. The van der Waals surface area contributed by atoms with E-state index in [1.807, 2.05) is 19.1 Å². The zero-order chi connectivity index (χ0) is 12.7. The summed E-state index contributed by atoms with van der Waals surface area (Å²) in [6, 6.07) is 5.43. The Labute approximate surface area is 107 Å². The van der Waals surface area contributed by atoms with Crippen LogP contribution in [0, 0.1) is 6.92 Å². The summed E-state index contributed by atoms with van der Waals surface area (Å²) in [4.78, 5) is 11.6. The summed E-state index contributed by atoms with van der Waals surface area (Å²) in [6.45, 7) is 6.59. The maximum Gasteiger partial charge on any atom is 0.238 e. The van der Waals surface area contributed by atoms with Crippen LogP contribution in [0.4, 0.5) is 5.69 Å². The summed E-state index contributed by atoms with van der Waals surface area (Å²) in [6.07, 6.45) is 2.66. The van der Waals surface area contributed by atoms with Crippen molar-refractivity contribution in [3.63, 3.8) is 0 Å². The molecule has 0 radical (unpaired) electrons. The van der Waals surface area contributed by atoms with Gasteiger partial charge < -0.3 is 10.6 Å². The van der Waals surface area contributed by atoms with Crippen LogP contribution in [0.1, 0.15) is 12.0 Å². The SMILES string of the molecule is C=CCCNCC(=O)Nc1cc(Cl)ccc1C. The molecule has 0 bridgehead atoms. The number of halogens is 1. The van der Waals surface area contributed by atoms with Crippen molar-refractivity contribution in [3.05, 3.63) is 41.4 Å². The van der Waals surface area contributed by atoms with Gasteiger partial charge in [-0.15, -0.1) is 6.58 Å². The first-order valence-corrected chi connectivity index (χ1v) is 5.89. The third-order valence-electron chi connectivity index (χ3n) is 2.28. The first-order chi connectivity index (χ1) is 8.13. The van der Waals surface area contributed by atoms with Crippen LogP contribution < -0.4 is 10.6 Å². The van der Waals surface area contributed by atoms with Gasteiger partial charge in [-0.1, -0.05) is 23.7 Å². The summed E-state index contributed by atoms with van der Waals surface area (Å²) in [5, 5.41) is 6.46. The average Bonchev–Trinajstić information content (AvgIpc) is 2.29. The van der Waals surface area contributed by atoms with Crippen LogP contribution in [0.25, 0.3) is 0 Å². The number of aryl methyl sites for hydroxylation is 1. The maximum absolute atomic E-state index is 11.6. The standard InChI is InChI=1S/C13H17ClN2O/c1-3-4-7-15-9-13(17)16-12-8-11(14)6-5-10(12)2/h3,5-6,8,15H,1,4,7,9H2,2H3,(H,16,17). The van der Waals surface area contributed by atoms with Gasteiger partial charge in [0.25, 0.3) is 0 Å². The highest BCUT2D eigenvalue weighted by molar-refractivity contribution is 6.31. The molecular formula is C13H17ClN2O. The first-order valence-electron chi connectivity index (χ1n) is 5.51. The van der Waals surface area contributed by atoms with Crippen molar-refractivity contribution >= 4 is 23.2 Å². The van der Waals surface area contributed by atoms with Crippen LogP contribution in [0.3, 0.4) is 0 Å². The minimum absolute atomic E-state index is 0.0700. The molecule has 1 amide bonds. The van der Waals surface area contributed by atoms with Gasteiger partial charge in [-0.3, -0.25) is 4.79 Å². The van der Waals surface area contributed by atoms with E-state index in [0.717, 1.165) is 24.2 Å². The van der Waals surface area contributed by atoms with Crippen LogP contribution in [-0.4, -0.2) is 19.0 Å². The van der Waals surface area contributed by atoms with Crippen molar-refractivity contribution < 1.29 is 4.79 Å². The van der Waals surface area contributed by atoms with E-state index in [1.165, 1.54) is 0 Å². The van der Waals surface area contributed by atoms with E-state index in [4.69, 9.17) is 11.6 Å². The first kappa shape index (κ1) is 13.7. The zero-order valence-electron chi connectivity index (χ0n) is 9.92. The lowest BCUT2D eigenvalue weighted by Gasteiger charge is -2.09. The number of amides is 1. The van der Waals surface area contributed by atoms with Crippen molar-refractivity contribution in [2.45, 2.75) is 13.3 Å². The Morgan fingerprint density at radius 1 is 1.53 bits per heavy atom. The van der Waals surface area contributed by atoms with Crippen LogP contribution in [0.2, 0.25) is 5.02 Å². The molecule has 1 aromatic carbocycles. The molecule has 4 heteroatoms. The summed E-state index contributed by atoms with van der Waals surface area (Å²) in [5.74, 6) is -0.0700. The fourth-order valence-electron chi connectivity index (χ4n) is 1.33. The highest BCUT2D eigenvalue weighted by Crippen LogP contribution is 2.19. The number of carbonyl (C=O) groups is 1. The van der Waals surface area contributed by atoms with Crippen LogP contribution in [0.15, 0.2) is 30.9 Å². The lowest BCUT2D eigenvalue weighted by Crippen LogP contribution is -2.28. The van der Waals surface area contributed by atoms with E-state index in [2.05, 4.69) is 17.2 Å². The Hall–Kier alpha value is -1.32. The van der Waals surface area contributed by atoms with Gasteiger partial charge in [0.05, 0.1) is 6.54 Å². The summed E-state index contributed by atoms with van der Waals surface area (Å²) < 4.78 is 0. The molecule has 0 spiro atoms. The van der Waals surface area contributed by atoms with Gasteiger partial charge in [-0.25, -0.2) is 0 Å².